The SMILES string of the molecule is c1ccc(-c2ccc(-c3cc(-c4ccc(-c5cccc6c5-c5ccccc5CO6)cc4)cc(-c4cccc(-c5ccccc5)c4)c3)cc2)cc1. The van der Waals surface area contributed by atoms with E-state index in [9.17, 15) is 0 Å². The summed E-state index contributed by atoms with van der Waals surface area (Å²) in [6, 6.07) is 69.9. The second-order valence-electron chi connectivity index (χ2n) is 12.9. The van der Waals surface area contributed by atoms with E-state index in [0.717, 1.165) is 5.75 Å². The van der Waals surface area contributed by atoms with Crippen LogP contribution in [0.3, 0.4) is 0 Å². The summed E-state index contributed by atoms with van der Waals surface area (Å²) in [5.41, 5.74) is 18.0. The Morgan fingerprint density at radius 3 is 1.32 bits per heavy atom. The van der Waals surface area contributed by atoms with Crippen molar-refractivity contribution in [1.82, 2.24) is 0 Å². The van der Waals surface area contributed by atoms with E-state index >= 15 is 0 Å². The summed E-state index contributed by atoms with van der Waals surface area (Å²) in [5.74, 6) is 0.943. The summed E-state index contributed by atoms with van der Waals surface area (Å²) in [6.45, 7) is 0.605. The highest BCUT2D eigenvalue weighted by Crippen LogP contribution is 2.44. The number of ether oxygens (including phenoxy) is 1. The molecule has 9 rings (SSSR count). The van der Waals surface area contributed by atoms with Crippen LogP contribution >= 0.6 is 0 Å². The van der Waals surface area contributed by atoms with Crippen molar-refractivity contribution in [3.8, 4) is 83.6 Å². The maximum atomic E-state index is 6.18. The fourth-order valence-corrected chi connectivity index (χ4v) is 7.18. The Kier molecular flexibility index (Phi) is 7.64. The normalized spacial score (nSPS) is 11.7. The molecule has 0 N–H and O–H groups in total. The molecule has 8 aromatic carbocycles. The monoisotopic (exact) mass is 638 g/mol. The van der Waals surface area contributed by atoms with Crippen LogP contribution in [0.2, 0.25) is 0 Å². The molecule has 1 heterocycles. The standard InChI is InChI=1S/C49H34O/c1-3-11-34(12-4-1)36-21-23-37(24-22-36)43-30-44(32-45(31-43)41-17-9-16-40(29-41)35-13-5-2-6-14-35)38-25-27-39(28-26-38)46-19-10-20-48-49(46)47-18-8-7-15-42(47)33-50-48/h1-32H,33H2. The molecule has 0 radical (unpaired) electrons. The van der Waals surface area contributed by atoms with Gasteiger partial charge in [-0.05, 0) is 108 Å². The molecule has 0 aliphatic carbocycles. The van der Waals surface area contributed by atoms with Crippen molar-refractivity contribution in [2.45, 2.75) is 6.61 Å². The third-order valence-electron chi connectivity index (χ3n) is 9.79. The van der Waals surface area contributed by atoms with Crippen molar-refractivity contribution in [3.05, 3.63) is 200 Å². The predicted octanol–water partition coefficient (Wildman–Crippen LogP) is 13.2. The third-order valence-corrected chi connectivity index (χ3v) is 9.79. The van der Waals surface area contributed by atoms with Crippen molar-refractivity contribution in [2.24, 2.45) is 0 Å². The van der Waals surface area contributed by atoms with Crippen LogP contribution in [-0.2, 0) is 6.61 Å². The summed E-state index contributed by atoms with van der Waals surface area (Å²) in [5, 5.41) is 0. The van der Waals surface area contributed by atoms with E-state index < -0.39 is 0 Å². The van der Waals surface area contributed by atoms with E-state index in [4.69, 9.17) is 4.74 Å². The van der Waals surface area contributed by atoms with Gasteiger partial charge < -0.3 is 4.74 Å². The molecule has 1 nitrogen and oxygen atoms in total. The molecule has 50 heavy (non-hydrogen) atoms. The van der Waals surface area contributed by atoms with Crippen LogP contribution in [0.15, 0.2) is 194 Å². The van der Waals surface area contributed by atoms with Crippen LogP contribution < -0.4 is 4.74 Å². The van der Waals surface area contributed by atoms with Gasteiger partial charge in [-0.25, -0.2) is 0 Å². The van der Waals surface area contributed by atoms with Crippen LogP contribution in [0.25, 0.3) is 77.9 Å². The van der Waals surface area contributed by atoms with Gasteiger partial charge >= 0.3 is 0 Å². The van der Waals surface area contributed by atoms with Gasteiger partial charge in [0.1, 0.15) is 12.4 Å². The Morgan fingerprint density at radius 2 is 0.680 bits per heavy atom. The van der Waals surface area contributed by atoms with Crippen molar-refractivity contribution in [2.75, 3.05) is 0 Å². The molecule has 0 amide bonds. The number of rotatable bonds is 6. The van der Waals surface area contributed by atoms with E-state index in [1.165, 1.54) is 83.5 Å². The molecule has 1 heteroatoms. The Hall–Kier alpha value is -6.44. The highest BCUT2D eigenvalue weighted by molar-refractivity contribution is 5.91. The van der Waals surface area contributed by atoms with Gasteiger partial charge in [-0.2, -0.15) is 0 Å². The van der Waals surface area contributed by atoms with E-state index in [1.54, 1.807) is 0 Å². The first-order valence-corrected chi connectivity index (χ1v) is 17.2. The lowest BCUT2D eigenvalue weighted by molar-refractivity contribution is 0.302. The third kappa shape index (κ3) is 5.70. The second-order valence-corrected chi connectivity index (χ2v) is 12.9. The van der Waals surface area contributed by atoms with E-state index in [-0.39, 0.29) is 0 Å². The topological polar surface area (TPSA) is 9.23 Å². The first-order valence-electron chi connectivity index (χ1n) is 17.2. The summed E-state index contributed by atoms with van der Waals surface area (Å²) in [4.78, 5) is 0. The fraction of sp³-hybridized carbons (Fsp3) is 0.0204. The molecule has 1 aliphatic heterocycles. The number of hydrogen-bond donors (Lipinski definition) is 0. The van der Waals surface area contributed by atoms with Crippen LogP contribution in [-0.4, -0.2) is 0 Å². The zero-order valence-corrected chi connectivity index (χ0v) is 27.6. The lowest BCUT2D eigenvalue weighted by atomic mass is 9.88. The largest absolute Gasteiger partial charge is 0.488 e. The van der Waals surface area contributed by atoms with Crippen LogP contribution in [0.4, 0.5) is 0 Å². The van der Waals surface area contributed by atoms with Crippen molar-refractivity contribution in [1.29, 1.82) is 0 Å². The molecule has 0 saturated heterocycles. The molecule has 0 atom stereocenters. The minimum Gasteiger partial charge on any atom is -0.488 e. The second kappa shape index (κ2) is 12.9. The maximum Gasteiger partial charge on any atom is 0.128 e. The van der Waals surface area contributed by atoms with Crippen LogP contribution in [0.5, 0.6) is 5.75 Å². The summed E-state index contributed by atoms with van der Waals surface area (Å²) in [6.07, 6.45) is 0. The molecule has 0 spiro atoms. The molecule has 0 bridgehead atoms. The van der Waals surface area contributed by atoms with E-state index in [1.807, 2.05) is 0 Å². The van der Waals surface area contributed by atoms with Gasteiger partial charge in [-0.3, -0.25) is 0 Å². The number of hydrogen-bond acceptors (Lipinski definition) is 1. The highest BCUT2D eigenvalue weighted by Gasteiger charge is 2.21. The lowest BCUT2D eigenvalue weighted by Gasteiger charge is -2.23. The molecular formula is C49H34O. The zero-order chi connectivity index (χ0) is 33.3. The fourth-order valence-electron chi connectivity index (χ4n) is 7.18. The highest BCUT2D eigenvalue weighted by atomic mass is 16.5. The van der Waals surface area contributed by atoms with Crippen molar-refractivity contribution >= 4 is 0 Å². The number of fused-ring (bicyclic) bond motifs is 3. The minimum absolute atomic E-state index is 0.605. The van der Waals surface area contributed by atoms with Gasteiger partial charge in [0.25, 0.3) is 0 Å². The van der Waals surface area contributed by atoms with Gasteiger partial charge in [0.15, 0.2) is 0 Å². The van der Waals surface area contributed by atoms with Crippen LogP contribution in [0.1, 0.15) is 5.56 Å². The zero-order valence-electron chi connectivity index (χ0n) is 27.6. The lowest BCUT2D eigenvalue weighted by Crippen LogP contribution is -2.06. The Balaban J connectivity index is 1.13. The molecular weight excluding hydrogens is 605 g/mol. The number of benzene rings is 8. The average molecular weight is 639 g/mol. The predicted molar refractivity (Wildman–Crippen MR) is 209 cm³/mol. The Bertz CT molecular complexity index is 2440. The maximum absolute atomic E-state index is 6.18. The Morgan fingerprint density at radius 1 is 0.280 bits per heavy atom. The van der Waals surface area contributed by atoms with Gasteiger partial charge in [-0.15, -0.1) is 0 Å². The molecule has 1 aliphatic rings. The molecule has 8 aromatic rings. The Labute approximate surface area is 293 Å². The first-order chi connectivity index (χ1) is 24.8. The van der Waals surface area contributed by atoms with Crippen molar-refractivity contribution < 1.29 is 4.74 Å². The van der Waals surface area contributed by atoms with E-state index in [2.05, 4.69) is 194 Å². The molecule has 0 unspecified atom stereocenters. The summed E-state index contributed by atoms with van der Waals surface area (Å²) >= 11 is 0. The van der Waals surface area contributed by atoms with Gasteiger partial charge in [0.2, 0.25) is 0 Å². The minimum atomic E-state index is 0.605. The summed E-state index contributed by atoms with van der Waals surface area (Å²) < 4.78 is 6.18. The quantitative estimate of drug-likeness (QED) is 0.176. The summed E-state index contributed by atoms with van der Waals surface area (Å²) in [7, 11) is 0. The van der Waals surface area contributed by atoms with E-state index in [0.29, 0.717) is 6.61 Å². The molecule has 236 valence electrons. The molecule has 0 fully saturated rings. The van der Waals surface area contributed by atoms with Gasteiger partial charge in [0, 0.05) is 5.56 Å². The van der Waals surface area contributed by atoms with Gasteiger partial charge in [-0.1, -0.05) is 164 Å². The van der Waals surface area contributed by atoms with Gasteiger partial charge in [0.05, 0.1) is 0 Å². The van der Waals surface area contributed by atoms with Crippen LogP contribution in [0, 0.1) is 0 Å². The molecule has 0 saturated carbocycles. The smallest absolute Gasteiger partial charge is 0.128 e. The average Bonchev–Trinajstić information content (AvgIpc) is 3.21. The van der Waals surface area contributed by atoms with Crippen molar-refractivity contribution in [3.63, 3.8) is 0 Å². The first kappa shape index (κ1) is 29.7. The molecule has 0 aromatic heterocycles.